The lowest BCUT2D eigenvalue weighted by Gasteiger charge is -2.35. The van der Waals surface area contributed by atoms with E-state index >= 15 is 0 Å². The lowest BCUT2D eigenvalue weighted by atomic mass is 9.97. The van der Waals surface area contributed by atoms with Crippen molar-refractivity contribution in [1.29, 1.82) is 0 Å². The lowest BCUT2D eigenvalue weighted by Crippen LogP contribution is -2.41. The van der Waals surface area contributed by atoms with E-state index in [9.17, 15) is 13.2 Å². The Bertz CT molecular complexity index is 847. The molecule has 0 aliphatic carbocycles. The smallest absolute Gasteiger partial charge is 0.475 e. The summed E-state index contributed by atoms with van der Waals surface area (Å²) in [6, 6.07) is 8.51. The molecule has 2 aromatic heterocycles. The van der Waals surface area contributed by atoms with Crippen LogP contribution in [0.2, 0.25) is 0 Å². The number of likely N-dealkylation sites (tertiary alicyclic amines) is 1. The number of alkyl halides is 3. The van der Waals surface area contributed by atoms with E-state index < -0.39 is 12.1 Å². The number of hydrogen-bond donors (Lipinski definition) is 2. The molecule has 31 heavy (non-hydrogen) atoms. The van der Waals surface area contributed by atoms with Crippen LogP contribution in [0.4, 0.5) is 19.0 Å². The van der Waals surface area contributed by atoms with Gasteiger partial charge in [0.2, 0.25) is 0 Å². The van der Waals surface area contributed by atoms with Gasteiger partial charge in [-0.1, -0.05) is 6.07 Å². The molecular weight excluding hydrogens is 411 g/mol. The molecule has 3 heterocycles. The fourth-order valence-electron chi connectivity index (χ4n) is 3.29. The SMILES string of the molecule is Cc1nc(NCC2CCCN(C(C)C)C2)cc(-c2ccccn2)n1.O=C(O)C(F)(F)F. The number of piperidine rings is 1. The minimum Gasteiger partial charge on any atom is -0.475 e. The van der Waals surface area contributed by atoms with Crippen molar-refractivity contribution in [2.24, 2.45) is 5.92 Å². The zero-order chi connectivity index (χ0) is 23.0. The van der Waals surface area contributed by atoms with Gasteiger partial charge in [0, 0.05) is 31.4 Å². The number of nitrogens with one attached hydrogen (secondary N) is 1. The van der Waals surface area contributed by atoms with Gasteiger partial charge in [0.15, 0.2) is 0 Å². The van der Waals surface area contributed by atoms with Gasteiger partial charge < -0.3 is 15.3 Å². The zero-order valence-corrected chi connectivity index (χ0v) is 17.9. The first kappa shape index (κ1) is 24.5. The number of carboxylic acids is 1. The van der Waals surface area contributed by atoms with Gasteiger partial charge in [0.1, 0.15) is 11.6 Å². The number of nitrogens with zero attached hydrogens (tertiary/aromatic N) is 4. The van der Waals surface area contributed by atoms with Crippen molar-refractivity contribution in [3.05, 3.63) is 36.3 Å². The van der Waals surface area contributed by atoms with Crippen LogP contribution in [0, 0.1) is 12.8 Å². The molecule has 0 amide bonds. The molecule has 7 nitrogen and oxygen atoms in total. The van der Waals surface area contributed by atoms with Crippen LogP contribution in [0.25, 0.3) is 11.4 Å². The van der Waals surface area contributed by atoms with E-state index in [1.807, 2.05) is 31.2 Å². The van der Waals surface area contributed by atoms with E-state index in [0.29, 0.717) is 12.0 Å². The average molecular weight is 439 g/mol. The van der Waals surface area contributed by atoms with Crippen molar-refractivity contribution in [1.82, 2.24) is 19.9 Å². The summed E-state index contributed by atoms with van der Waals surface area (Å²) in [5, 5.41) is 10.6. The molecule has 2 N–H and O–H groups in total. The number of carbonyl (C=O) groups is 1. The van der Waals surface area contributed by atoms with Gasteiger partial charge in [-0.15, -0.1) is 0 Å². The summed E-state index contributed by atoms with van der Waals surface area (Å²) in [7, 11) is 0. The fraction of sp³-hybridized carbons (Fsp3) is 0.524. The number of aryl methyl sites for hydroxylation is 1. The fourth-order valence-corrected chi connectivity index (χ4v) is 3.29. The number of carboxylic acid groups (broad SMARTS) is 1. The Morgan fingerprint density at radius 1 is 1.29 bits per heavy atom. The molecule has 1 saturated heterocycles. The number of hydrogen-bond acceptors (Lipinski definition) is 6. The standard InChI is InChI=1S/C19H27N5.C2HF3O2/c1-14(2)24-10-6-7-16(13-24)12-21-19-11-18(22-15(3)23-19)17-8-4-5-9-20-17;3-2(4,5)1(6)7/h4-5,8-9,11,14,16H,6-7,10,12-13H2,1-3H3,(H,21,22,23);(H,6,7). The van der Waals surface area contributed by atoms with Gasteiger partial charge >= 0.3 is 12.1 Å². The van der Waals surface area contributed by atoms with Gasteiger partial charge in [0.05, 0.1) is 11.4 Å². The van der Waals surface area contributed by atoms with Gasteiger partial charge in [-0.05, 0) is 58.2 Å². The Labute approximate surface area is 179 Å². The number of pyridine rings is 1. The van der Waals surface area contributed by atoms with E-state index in [0.717, 1.165) is 29.6 Å². The monoisotopic (exact) mass is 439 g/mol. The Morgan fingerprint density at radius 3 is 2.58 bits per heavy atom. The minimum atomic E-state index is -5.08. The maximum Gasteiger partial charge on any atom is 0.490 e. The number of anilines is 1. The molecule has 1 unspecified atom stereocenters. The second-order valence-electron chi connectivity index (χ2n) is 7.68. The summed E-state index contributed by atoms with van der Waals surface area (Å²) in [6.45, 7) is 9.85. The van der Waals surface area contributed by atoms with Crippen LogP contribution >= 0.6 is 0 Å². The third kappa shape index (κ3) is 8.12. The second kappa shape index (κ2) is 11.0. The number of rotatable bonds is 5. The maximum absolute atomic E-state index is 10.6. The van der Waals surface area contributed by atoms with Crippen molar-refractivity contribution in [2.45, 2.75) is 45.8 Å². The van der Waals surface area contributed by atoms with Crippen LogP contribution in [0.15, 0.2) is 30.5 Å². The first-order valence-corrected chi connectivity index (χ1v) is 10.1. The Kier molecular flexibility index (Phi) is 8.73. The summed E-state index contributed by atoms with van der Waals surface area (Å²) < 4.78 is 31.7. The third-order valence-electron chi connectivity index (χ3n) is 4.86. The molecule has 1 fully saturated rings. The predicted molar refractivity (Wildman–Crippen MR) is 112 cm³/mol. The average Bonchev–Trinajstić information content (AvgIpc) is 2.72. The number of halogens is 3. The molecular formula is C21H28F3N5O2. The van der Waals surface area contributed by atoms with Crippen LogP contribution in [-0.2, 0) is 4.79 Å². The van der Waals surface area contributed by atoms with Crippen molar-refractivity contribution >= 4 is 11.8 Å². The molecule has 0 bridgehead atoms. The molecule has 2 aromatic rings. The van der Waals surface area contributed by atoms with Crippen LogP contribution in [0.5, 0.6) is 0 Å². The first-order valence-electron chi connectivity index (χ1n) is 10.1. The summed E-state index contributed by atoms with van der Waals surface area (Å²) in [4.78, 5) is 24.9. The van der Waals surface area contributed by atoms with Crippen molar-refractivity contribution < 1.29 is 23.1 Å². The number of aliphatic carboxylic acids is 1. The highest BCUT2D eigenvalue weighted by Gasteiger charge is 2.38. The minimum absolute atomic E-state index is 0.629. The van der Waals surface area contributed by atoms with Crippen molar-refractivity contribution in [3.8, 4) is 11.4 Å². The quantitative estimate of drug-likeness (QED) is 0.727. The number of aromatic nitrogens is 3. The topological polar surface area (TPSA) is 91.2 Å². The van der Waals surface area contributed by atoms with Crippen LogP contribution in [-0.4, -0.2) is 62.8 Å². The largest absolute Gasteiger partial charge is 0.490 e. The summed E-state index contributed by atoms with van der Waals surface area (Å²) in [5.41, 5.74) is 1.76. The van der Waals surface area contributed by atoms with E-state index in [-0.39, 0.29) is 0 Å². The molecule has 170 valence electrons. The molecule has 1 aliphatic rings. The first-order chi connectivity index (χ1) is 14.6. The Balaban J connectivity index is 0.000000423. The van der Waals surface area contributed by atoms with E-state index in [1.54, 1.807) is 6.20 Å². The summed E-state index contributed by atoms with van der Waals surface area (Å²) in [5.74, 6) is -0.417. The molecule has 0 aromatic carbocycles. The van der Waals surface area contributed by atoms with Crippen molar-refractivity contribution in [3.63, 3.8) is 0 Å². The molecule has 1 atom stereocenters. The van der Waals surface area contributed by atoms with Gasteiger partial charge in [-0.25, -0.2) is 14.8 Å². The molecule has 0 saturated carbocycles. The van der Waals surface area contributed by atoms with E-state index in [2.05, 4.69) is 39.0 Å². The van der Waals surface area contributed by atoms with E-state index in [4.69, 9.17) is 9.90 Å². The van der Waals surface area contributed by atoms with E-state index in [1.165, 1.54) is 25.9 Å². The molecule has 10 heteroatoms. The van der Waals surface area contributed by atoms with Gasteiger partial charge in [-0.3, -0.25) is 4.98 Å². The summed E-state index contributed by atoms with van der Waals surface area (Å²) in [6.07, 6.45) is -0.720. The lowest BCUT2D eigenvalue weighted by molar-refractivity contribution is -0.192. The van der Waals surface area contributed by atoms with Gasteiger partial charge in [-0.2, -0.15) is 13.2 Å². The highest BCUT2D eigenvalue weighted by atomic mass is 19.4. The Morgan fingerprint density at radius 2 is 2.00 bits per heavy atom. The molecule has 0 radical (unpaired) electrons. The van der Waals surface area contributed by atoms with Gasteiger partial charge in [0.25, 0.3) is 0 Å². The molecule has 0 spiro atoms. The van der Waals surface area contributed by atoms with Crippen LogP contribution in [0.1, 0.15) is 32.5 Å². The predicted octanol–water partition coefficient (Wildman–Crippen LogP) is 4.01. The third-order valence-corrected chi connectivity index (χ3v) is 4.86. The zero-order valence-electron chi connectivity index (χ0n) is 17.9. The van der Waals surface area contributed by atoms with Crippen LogP contribution < -0.4 is 5.32 Å². The summed E-state index contributed by atoms with van der Waals surface area (Å²) >= 11 is 0. The Hall–Kier alpha value is -2.75. The highest BCUT2D eigenvalue weighted by molar-refractivity contribution is 5.73. The second-order valence-corrected chi connectivity index (χ2v) is 7.68. The maximum atomic E-state index is 10.6. The van der Waals surface area contributed by atoms with Crippen molar-refractivity contribution in [2.75, 3.05) is 25.0 Å². The molecule has 1 aliphatic heterocycles. The molecule has 3 rings (SSSR count). The normalized spacial score (nSPS) is 17.1. The van der Waals surface area contributed by atoms with Crippen LogP contribution in [0.3, 0.4) is 0 Å². The highest BCUT2D eigenvalue weighted by Crippen LogP contribution is 2.21.